The van der Waals surface area contributed by atoms with Crippen molar-refractivity contribution in [1.29, 1.82) is 0 Å². The van der Waals surface area contributed by atoms with Gasteiger partial charge in [-0.1, -0.05) is 11.6 Å². The molecule has 1 heterocycles. The normalized spacial score (nSPS) is 20.1. The lowest BCUT2D eigenvalue weighted by atomic mass is 10.1. The Morgan fingerprint density at radius 1 is 1.62 bits per heavy atom. The standard InChI is InChI=1S/C11H12ClFN2O/c1-2-15-6-10(14-11(15)16)8-5-7(12)3-4-9(8)13/h3-5,10H,2,6H2,1H3,(H,14,16). The van der Waals surface area contributed by atoms with Crippen LogP contribution >= 0.6 is 11.6 Å². The Labute approximate surface area is 98.2 Å². The monoisotopic (exact) mass is 242 g/mol. The number of hydrogen-bond donors (Lipinski definition) is 1. The van der Waals surface area contributed by atoms with Crippen LogP contribution in [-0.4, -0.2) is 24.0 Å². The number of amides is 2. The highest BCUT2D eigenvalue weighted by Crippen LogP contribution is 2.25. The van der Waals surface area contributed by atoms with E-state index in [1.54, 1.807) is 11.0 Å². The van der Waals surface area contributed by atoms with Crippen molar-refractivity contribution < 1.29 is 9.18 Å². The van der Waals surface area contributed by atoms with Crippen LogP contribution in [0.15, 0.2) is 18.2 Å². The molecule has 16 heavy (non-hydrogen) atoms. The predicted molar refractivity (Wildman–Crippen MR) is 59.9 cm³/mol. The van der Waals surface area contributed by atoms with Crippen LogP contribution in [-0.2, 0) is 0 Å². The summed E-state index contributed by atoms with van der Waals surface area (Å²) in [4.78, 5) is 13.1. The van der Waals surface area contributed by atoms with Gasteiger partial charge in [0, 0.05) is 23.7 Å². The van der Waals surface area contributed by atoms with E-state index < -0.39 is 0 Å². The van der Waals surface area contributed by atoms with E-state index in [2.05, 4.69) is 5.32 Å². The number of rotatable bonds is 2. The van der Waals surface area contributed by atoms with Gasteiger partial charge in [0.15, 0.2) is 0 Å². The molecular weight excluding hydrogens is 231 g/mol. The van der Waals surface area contributed by atoms with Crippen LogP contribution < -0.4 is 5.32 Å². The number of nitrogens with zero attached hydrogens (tertiary/aromatic N) is 1. The van der Waals surface area contributed by atoms with Crippen molar-refractivity contribution in [2.75, 3.05) is 13.1 Å². The first kappa shape index (κ1) is 11.2. The average Bonchev–Trinajstić information content (AvgIpc) is 2.63. The maximum absolute atomic E-state index is 13.6. The van der Waals surface area contributed by atoms with Gasteiger partial charge in [-0.3, -0.25) is 0 Å². The van der Waals surface area contributed by atoms with E-state index in [0.29, 0.717) is 23.7 Å². The first-order valence-electron chi connectivity index (χ1n) is 5.12. The van der Waals surface area contributed by atoms with Crippen molar-refractivity contribution in [3.05, 3.63) is 34.6 Å². The summed E-state index contributed by atoms with van der Waals surface area (Å²) in [5.41, 5.74) is 0.441. The zero-order valence-corrected chi connectivity index (χ0v) is 9.59. The zero-order valence-electron chi connectivity index (χ0n) is 8.84. The molecule has 2 rings (SSSR count). The van der Waals surface area contributed by atoms with Gasteiger partial charge in [-0.25, -0.2) is 9.18 Å². The Balaban J connectivity index is 2.26. The molecule has 0 aliphatic carbocycles. The molecule has 3 nitrogen and oxygen atoms in total. The molecule has 1 unspecified atom stereocenters. The highest BCUT2D eigenvalue weighted by molar-refractivity contribution is 6.30. The van der Waals surface area contributed by atoms with Crippen molar-refractivity contribution in [1.82, 2.24) is 10.2 Å². The number of carbonyl (C=O) groups excluding carboxylic acids is 1. The number of hydrogen-bond acceptors (Lipinski definition) is 1. The second kappa shape index (κ2) is 4.29. The van der Waals surface area contributed by atoms with Crippen molar-refractivity contribution in [3.63, 3.8) is 0 Å². The smallest absolute Gasteiger partial charge is 0.318 e. The molecule has 2 amide bonds. The topological polar surface area (TPSA) is 32.3 Å². The van der Waals surface area contributed by atoms with Gasteiger partial charge in [0.1, 0.15) is 5.82 Å². The van der Waals surface area contributed by atoms with Crippen LogP contribution in [0.2, 0.25) is 5.02 Å². The molecule has 0 saturated carbocycles. The minimum absolute atomic E-state index is 0.160. The second-order valence-corrected chi connectivity index (χ2v) is 4.14. The Morgan fingerprint density at radius 3 is 3.00 bits per heavy atom. The molecule has 5 heteroatoms. The lowest BCUT2D eigenvalue weighted by Gasteiger charge is -2.12. The lowest BCUT2D eigenvalue weighted by molar-refractivity contribution is 0.219. The number of carbonyl (C=O) groups is 1. The van der Waals surface area contributed by atoms with E-state index in [4.69, 9.17) is 11.6 Å². The molecule has 0 radical (unpaired) electrons. The molecule has 1 atom stereocenters. The van der Waals surface area contributed by atoms with E-state index in [1.807, 2.05) is 6.92 Å². The minimum Gasteiger partial charge on any atom is -0.329 e. The van der Waals surface area contributed by atoms with Gasteiger partial charge in [-0.2, -0.15) is 0 Å². The highest BCUT2D eigenvalue weighted by Gasteiger charge is 2.30. The Morgan fingerprint density at radius 2 is 2.38 bits per heavy atom. The van der Waals surface area contributed by atoms with Crippen LogP contribution in [0, 0.1) is 5.82 Å². The van der Waals surface area contributed by atoms with Gasteiger partial charge in [0.25, 0.3) is 0 Å². The molecule has 1 aliphatic heterocycles. The molecule has 1 aromatic rings. The summed E-state index contributed by atoms with van der Waals surface area (Å²) in [6.07, 6.45) is 0. The molecule has 1 aromatic carbocycles. The minimum atomic E-state index is -0.340. The average molecular weight is 243 g/mol. The quantitative estimate of drug-likeness (QED) is 0.849. The lowest BCUT2D eigenvalue weighted by Crippen LogP contribution is -2.27. The third kappa shape index (κ3) is 1.97. The molecule has 1 fully saturated rings. The largest absolute Gasteiger partial charge is 0.329 e. The van der Waals surface area contributed by atoms with Crippen LogP contribution in [0.1, 0.15) is 18.5 Å². The summed E-state index contributed by atoms with van der Waals surface area (Å²) in [5, 5.41) is 3.20. The van der Waals surface area contributed by atoms with Crippen LogP contribution in [0.5, 0.6) is 0 Å². The number of benzene rings is 1. The first-order chi connectivity index (χ1) is 7.61. The summed E-state index contributed by atoms with van der Waals surface area (Å²) in [5.74, 6) is -0.340. The van der Waals surface area contributed by atoms with E-state index in [9.17, 15) is 9.18 Å². The first-order valence-corrected chi connectivity index (χ1v) is 5.50. The third-order valence-corrected chi connectivity index (χ3v) is 2.94. The molecule has 0 bridgehead atoms. The maximum atomic E-state index is 13.6. The molecule has 1 saturated heterocycles. The van der Waals surface area contributed by atoms with Gasteiger partial charge >= 0.3 is 6.03 Å². The number of likely N-dealkylation sites (N-methyl/N-ethyl adjacent to an activating group) is 1. The van der Waals surface area contributed by atoms with Crippen molar-refractivity contribution >= 4 is 17.6 Å². The molecule has 0 spiro atoms. The number of urea groups is 1. The van der Waals surface area contributed by atoms with Gasteiger partial charge in [0.2, 0.25) is 0 Å². The Kier molecular flexibility index (Phi) is 3.01. The summed E-state index contributed by atoms with van der Waals surface area (Å²) in [7, 11) is 0. The van der Waals surface area contributed by atoms with Crippen molar-refractivity contribution in [2.24, 2.45) is 0 Å². The SMILES string of the molecule is CCN1CC(c2cc(Cl)ccc2F)NC1=O. The fourth-order valence-corrected chi connectivity index (χ4v) is 2.00. The van der Waals surface area contributed by atoms with Gasteiger partial charge in [-0.15, -0.1) is 0 Å². The maximum Gasteiger partial charge on any atom is 0.318 e. The zero-order chi connectivity index (χ0) is 11.7. The predicted octanol–water partition coefficient (Wildman–Crippen LogP) is 2.57. The Hall–Kier alpha value is -1.29. The second-order valence-electron chi connectivity index (χ2n) is 3.71. The summed E-state index contributed by atoms with van der Waals surface area (Å²) in [6.45, 7) is 2.98. The van der Waals surface area contributed by atoms with Gasteiger partial charge < -0.3 is 10.2 Å². The van der Waals surface area contributed by atoms with Crippen molar-refractivity contribution in [3.8, 4) is 0 Å². The van der Waals surface area contributed by atoms with Gasteiger partial charge in [0.05, 0.1) is 6.04 Å². The number of halogens is 2. The molecular formula is C11H12ClFN2O. The van der Waals surface area contributed by atoms with Crippen molar-refractivity contribution in [2.45, 2.75) is 13.0 Å². The van der Waals surface area contributed by atoms with E-state index in [-0.39, 0.29) is 17.9 Å². The summed E-state index contributed by atoms with van der Waals surface area (Å²) >= 11 is 5.81. The molecule has 0 aromatic heterocycles. The van der Waals surface area contributed by atoms with E-state index >= 15 is 0 Å². The van der Waals surface area contributed by atoms with E-state index in [1.165, 1.54) is 12.1 Å². The highest BCUT2D eigenvalue weighted by atomic mass is 35.5. The van der Waals surface area contributed by atoms with Crippen LogP contribution in [0.4, 0.5) is 9.18 Å². The molecule has 86 valence electrons. The van der Waals surface area contributed by atoms with Crippen LogP contribution in [0.3, 0.4) is 0 Å². The van der Waals surface area contributed by atoms with Crippen LogP contribution in [0.25, 0.3) is 0 Å². The summed E-state index contributed by atoms with van der Waals surface area (Å²) in [6, 6.07) is 3.90. The third-order valence-electron chi connectivity index (χ3n) is 2.70. The fourth-order valence-electron chi connectivity index (χ4n) is 1.82. The molecule has 1 aliphatic rings. The van der Waals surface area contributed by atoms with Gasteiger partial charge in [-0.05, 0) is 25.1 Å². The summed E-state index contributed by atoms with van der Waals surface area (Å²) < 4.78 is 13.6. The molecule has 1 N–H and O–H groups in total. The fraction of sp³-hybridized carbons (Fsp3) is 0.364. The Bertz CT molecular complexity index is 424. The number of nitrogens with one attached hydrogen (secondary N) is 1. The van der Waals surface area contributed by atoms with E-state index in [0.717, 1.165) is 0 Å².